The Bertz CT molecular complexity index is 585. The lowest BCUT2D eigenvalue weighted by molar-refractivity contribution is 0.184. The van der Waals surface area contributed by atoms with Gasteiger partial charge in [0.25, 0.3) is 26.3 Å². The predicted molar refractivity (Wildman–Crippen MR) is 88.3 cm³/mol. The molecule has 0 heterocycles. The molecule has 0 unspecified atom stereocenters. The van der Waals surface area contributed by atoms with E-state index in [0.29, 0.717) is 10.0 Å². The van der Waals surface area contributed by atoms with Crippen LogP contribution in [0.5, 0.6) is 0 Å². The maximum Gasteiger partial charge on any atom is 0.294 e. The van der Waals surface area contributed by atoms with Crippen molar-refractivity contribution in [3.63, 3.8) is 0 Å². The second kappa shape index (κ2) is 7.34. The molecule has 0 bridgehead atoms. The molecule has 2 aromatic carbocycles. The lowest BCUT2D eigenvalue weighted by Crippen LogP contribution is -2.31. The topological polar surface area (TPSA) is 43.4 Å². The molecule has 0 atom stereocenters. The molecular weight excluding hydrogens is 309 g/mol. The molecule has 7 heteroatoms. The summed E-state index contributed by atoms with van der Waals surface area (Å²) < 4.78 is 4.77. The van der Waals surface area contributed by atoms with Gasteiger partial charge in [-0.25, -0.2) is 0 Å². The first-order valence-corrected chi connectivity index (χ1v) is 7.01. The van der Waals surface area contributed by atoms with Crippen LogP contribution in [0.2, 0.25) is 10.0 Å². The number of carbonyl (C=O) groups excluding carboxylic acids is 2. The van der Waals surface area contributed by atoms with Crippen molar-refractivity contribution >= 4 is 60.4 Å². The molecular formula is C14H10B2Cl2O3. The minimum atomic E-state index is -0.587. The Morgan fingerprint density at radius 2 is 1.05 bits per heavy atom. The molecule has 0 aliphatic rings. The monoisotopic (exact) mass is 318 g/mol. The van der Waals surface area contributed by atoms with Crippen LogP contribution in [0.1, 0.15) is 0 Å². The average molecular weight is 319 g/mol. The predicted octanol–water partition coefficient (Wildman–Crippen LogP) is 2.07. The van der Waals surface area contributed by atoms with Gasteiger partial charge in [0.2, 0.25) is 0 Å². The molecule has 0 saturated carbocycles. The Kier molecular flexibility index (Phi) is 5.48. The van der Waals surface area contributed by atoms with E-state index in [1.165, 1.54) is 0 Å². The fourth-order valence-electron chi connectivity index (χ4n) is 1.74. The summed E-state index contributed by atoms with van der Waals surface area (Å²) in [6.45, 7) is 0. The number of ether oxygens (including phenoxy) is 1. The van der Waals surface area contributed by atoms with Gasteiger partial charge in [-0.3, -0.25) is 9.59 Å². The van der Waals surface area contributed by atoms with Gasteiger partial charge in [0, 0.05) is 10.0 Å². The van der Waals surface area contributed by atoms with Crippen LogP contribution in [0.25, 0.3) is 0 Å². The van der Waals surface area contributed by atoms with Gasteiger partial charge in [0.15, 0.2) is 0 Å². The molecule has 104 valence electrons. The summed E-state index contributed by atoms with van der Waals surface area (Å²) in [5.41, 5.74) is 1.48. The molecule has 2 rings (SSSR count). The average Bonchev–Trinajstić information content (AvgIpc) is 2.44. The third-order valence-electron chi connectivity index (χ3n) is 2.75. The molecule has 0 saturated heterocycles. The molecule has 0 radical (unpaired) electrons. The van der Waals surface area contributed by atoms with Crippen LogP contribution in [0.15, 0.2) is 48.5 Å². The maximum absolute atomic E-state index is 11.7. The van der Waals surface area contributed by atoms with Crippen molar-refractivity contribution in [2.45, 2.75) is 0 Å². The van der Waals surface area contributed by atoms with E-state index in [0.717, 1.165) is 10.9 Å². The number of hydrogen-bond acceptors (Lipinski definition) is 3. The zero-order valence-corrected chi connectivity index (χ0v) is 12.5. The second-order valence-electron chi connectivity index (χ2n) is 4.45. The van der Waals surface area contributed by atoms with Crippen molar-refractivity contribution in [2.75, 3.05) is 0 Å². The van der Waals surface area contributed by atoms with Crippen LogP contribution in [-0.2, 0) is 4.74 Å². The molecule has 0 aliphatic heterocycles. The van der Waals surface area contributed by atoms with E-state index in [2.05, 4.69) is 0 Å². The SMILES string of the molecule is O=C(Bc1ccc(Cl)cc1)OC(=O)Bc1ccc(Cl)cc1. The highest BCUT2D eigenvalue weighted by Gasteiger charge is 2.14. The first-order chi connectivity index (χ1) is 10.0. The van der Waals surface area contributed by atoms with Crippen LogP contribution in [0.4, 0.5) is 9.59 Å². The highest BCUT2D eigenvalue weighted by atomic mass is 35.5. The summed E-state index contributed by atoms with van der Waals surface area (Å²) in [7, 11) is 0.0626. The Morgan fingerprint density at radius 1 is 0.714 bits per heavy atom. The van der Waals surface area contributed by atoms with Gasteiger partial charge in [-0.1, -0.05) is 58.4 Å². The van der Waals surface area contributed by atoms with E-state index in [1.54, 1.807) is 48.5 Å². The molecule has 21 heavy (non-hydrogen) atoms. The molecule has 0 spiro atoms. The Hall–Kier alpha value is -1.71. The summed E-state index contributed by atoms with van der Waals surface area (Å²) in [6.07, 6.45) is 0. The summed E-state index contributed by atoms with van der Waals surface area (Å²) in [5.74, 6) is -1.17. The van der Waals surface area contributed by atoms with E-state index in [-0.39, 0.29) is 14.6 Å². The minimum Gasteiger partial charge on any atom is -0.410 e. The lowest BCUT2D eigenvalue weighted by Gasteiger charge is -2.03. The summed E-state index contributed by atoms with van der Waals surface area (Å²) in [5, 5.41) is 1.18. The smallest absolute Gasteiger partial charge is 0.294 e. The van der Waals surface area contributed by atoms with Gasteiger partial charge in [0.1, 0.15) is 0 Å². The summed E-state index contributed by atoms with van der Waals surface area (Å²) >= 11 is 11.5. The standard InChI is InChI=1S/C14H10B2Cl2O3/c17-11-5-1-9(2-6-11)15-13(19)21-14(20)16-10-3-7-12(18)8-4-10/h1-8,15-16H. The van der Waals surface area contributed by atoms with Gasteiger partial charge < -0.3 is 4.74 Å². The Morgan fingerprint density at radius 3 is 1.38 bits per heavy atom. The quantitative estimate of drug-likeness (QED) is 0.640. The number of rotatable bonds is 4. The molecule has 3 nitrogen and oxygen atoms in total. The molecule has 0 aromatic heterocycles. The van der Waals surface area contributed by atoms with E-state index in [9.17, 15) is 9.59 Å². The van der Waals surface area contributed by atoms with Crippen LogP contribution in [-0.4, -0.2) is 26.3 Å². The molecule has 2 aromatic rings. The zero-order chi connectivity index (χ0) is 15.2. The highest BCUT2D eigenvalue weighted by Crippen LogP contribution is 2.04. The van der Waals surface area contributed by atoms with Crippen molar-refractivity contribution in [1.29, 1.82) is 0 Å². The first kappa shape index (κ1) is 15.7. The number of halogens is 2. The minimum absolute atomic E-state index is 0.0313. The second-order valence-corrected chi connectivity index (χ2v) is 5.33. The van der Waals surface area contributed by atoms with Crippen LogP contribution >= 0.6 is 23.2 Å². The number of carbonyl (C=O) groups is 2. The van der Waals surface area contributed by atoms with Gasteiger partial charge in [-0.2, -0.15) is 0 Å². The van der Waals surface area contributed by atoms with Crippen molar-refractivity contribution < 1.29 is 14.3 Å². The normalized spacial score (nSPS) is 9.81. The van der Waals surface area contributed by atoms with E-state index >= 15 is 0 Å². The Balaban J connectivity index is 1.85. The number of hydrogen-bond donors (Lipinski definition) is 0. The molecule has 0 fully saturated rings. The van der Waals surface area contributed by atoms with E-state index < -0.39 is 11.7 Å². The van der Waals surface area contributed by atoms with Gasteiger partial charge >= 0.3 is 0 Å². The first-order valence-electron chi connectivity index (χ1n) is 6.25. The van der Waals surface area contributed by atoms with Gasteiger partial charge in [0.05, 0.1) is 0 Å². The van der Waals surface area contributed by atoms with Crippen LogP contribution < -0.4 is 10.9 Å². The van der Waals surface area contributed by atoms with Crippen molar-refractivity contribution in [3.05, 3.63) is 58.6 Å². The van der Waals surface area contributed by atoms with E-state index in [4.69, 9.17) is 27.9 Å². The molecule has 0 aliphatic carbocycles. The van der Waals surface area contributed by atoms with Crippen molar-refractivity contribution in [1.82, 2.24) is 0 Å². The molecule has 0 N–H and O–H groups in total. The van der Waals surface area contributed by atoms with Crippen LogP contribution in [0.3, 0.4) is 0 Å². The number of benzene rings is 2. The lowest BCUT2D eigenvalue weighted by atomic mass is 9.69. The van der Waals surface area contributed by atoms with Crippen molar-refractivity contribution in [3.8, 4) is 0 Å². The summed E-state index contributed by atoms with van der Waals surface area (Å²) in [4.78, 5) is 23.3. The summed E-state index contributed by atoms with van der Waals surface area (Å²) in [6, 6.07) is 13.6. The van der Waals surface area contributed by atoms with Crippen LogP contribution in [0, 0.1) is 0 Å². The zero-order valence-electron chi connectivity index (χ0n) is 11.0. The Labute approximate surface area is 133 Å². The highest BCUT2D eigenvalue weighted by molar-refractivity contribution is 6.87. The maximum atomic E-state index is 11.7. The van der Waals surface area contributed by atoms with Gasteiger partial charge in [-0.15, -0.1) is 0 Å². The largest absolute Gasteiger partial charge is 0.410 e. The molecule has 0 amide bonds. The van der Waals surface area contributed by atoms with Gasteiger partial charge in [-0.05, 0) is 24.3 Å². The van der Waals surface area contributed by atoms with E-state index in [1.807, 2.05) is 0 Å². The fourth-order valence-corrected chi connectivity index (χ4v) is 1.99. The van der Waals surface area contributed by atoms with Crippen molar-refractivity contribution in [2.24, 2.45) is 0 Å². The fraction of sp³-hybridized carbons (Fsp3) is 0. The third-order valence-corrected chi connectivity index (χ3v) is 3.26. The third kappa shape index (κ3) is 5.29.